The number of nitrogens with one attached hydrogen (secondary N) is 2. The minimum Gasteiger partial charge on any atom is -0.491 e. The van der Waals surface area contributed by atoms with Crippen molar-refractivity contribution in [3.8, 4) is 5.75 Å². The maximum absolute atomic E-state index is 12.2. The molecular weight excluding hydrogens is 324 g/mol. The fourth-order valence-electron chi connectivity index (χ4n) is 2.76. The molecule has 1 atom stereocenters. The van der Waals surface area contributed by atoms with E-state index >= 15 is 0 Å². The van der Waals surface area contributed by atoms with Gasteiger partial charge in [-0.3, -0.25) is 4.79 Å². The lowest BCUT2D eigenvalue weighted by Gasteiger charge is -2.24. The molecular formula is C19H31ClN2O2. The number of rotatable bonds is 5. The van der Waals surface area contributed by atoms with Crippen LogP contribution in [0.4, 0.5) is 0 Å². The summed E-state index contributed by atoms with van der Waals surface area (Å²) in [4.78, 5) is 12.2. The van der Waals surface area contributed by atoms with E-state index in [2.05, 4.69) is 43.5 Å². The van der Waals surface area contributed by atoms with Gasteiger partial charge in [-0.25, -0.2) is 0 Å². The molecule has 0 bridgehead atoms. The van der Waals surface area contributed by atoms with Crippen LogP contribution < -0.4 is 15.4 Å². The van der Waals surface area contributed by atoms with Crippen LogP contribution in [0.15, 0.2) is 24.3 Å². The summed E-state index contributed by atoms with van der Waals surface area (Å²) in [7, 11) is 0. The number of hydrogen-bond donors (Lipinski definition) is 2. The average molecular weight is 355 g/mol. The molecule has 1 unspecified atom stereocenters. The molecule has 1 aliphatic heterocycles. The molecule has 1 fully saturated rings. The number of piperidine rings is 1. The summed E-state index contributed by atoms with van der Waals surface area (Å²) in [5.41, 5.74) is 1.44. The Balaban J connectivity index is 0.00000288. The van der Waals surface area contributed by atoms with E-state index in [0.717, 1.165) is 31.7 Å². The summed E-state index contributed by atoms with van der Waals surface area (Å²) in [5.74, 6) is 1.15. The number of benzene rings is 1. The van der Waals surface area contributed by atoms with Crippen LogP contribution in [-0.4, -0.2) is 31.6 Å². The van der Waals surface area contributed by atoms with Crippen molar-refractivity contribution in [1.82, 2.24) is 10.6 Å². The largest absolute Gasteiger partial charge is 0.491 e. The molecule has 1 heterocycles. The van der Waals surface area contributed by atoms with E-state index in [0.29, 0.717) is 6.61 Å². The standard InChI is InChI=1S/C19H30N2O2.ClH/c1-14(21-18(22)15-9-11-20-12-10-15)13-23-17-7-5-16(6-8-17)19(2,3)4;/h5-8,14-15,20H,9-13H2,1-4H3,(H,21,22);1H. The Morgan fingerprint density at radius 2 is 1.83 bits per heavy atom. The summed E-state index contributed by atoms with van der Waals surface area (Å²) in [6.07, 6.45) is 1.85. The quantitative estimate of drug-likeness (QED) is 0.853. The predicted molar refractivity (Wildman–Crippen MR) is 101 cm³/mol. The zero-order valence-corrected chi connectivity index (χ0v) is 16.0. The van der Waals surface area contributed by atoms with Crippen LogP contribution in [0.2, 0.25) is 0 Å². The number of amides is 1. The van der Waals surface area contributed by atoms with Gasteiger partial charge in [0.25, 0.3) is 0 Å². The van der Waals surface area contributed by atoms with Crippen molar-refractivity contribution in [2.24, 2.45) is 5.92 Å². The number of ether oxygens (including phenoxy) is 1. The number of carbonyl (C=O) groups excluding carboxylic acids is 1. The van der Waals surface area contributed by atoms with Gasteiger partial charge in [0.05, 0.1) is 6.04 Å². The monoisotopic (exact) mass is 354 g/mol. The van der Waals surface area contributed by atoms with E-state index in [9.17, 15) is 4.79 Å². The van der Waals surface area contributed by atoms with Gasteiger partial charge in [-0.05, 0) is 56.0 Å². The van der Waals surface area contributed by atoms with E-state index in [-0.39, 0.29) is 35.7 Å². The third-order valence-corrected chi connectivity index (χ3v) is 4.32. The van der Waals surface area contributed by atoms with Crippen molar-refractivity contribution in [2.45, 2.75) is 52.0 Å². The first-order chi connectivity index (χ1) is 10.9. The Kier molecular flexibility index (Phi) is 8.04. The highest BCUT2D eigenvalue weighted by Gasteiger charge is 2.22. The smallest absolute Gasteiger partial charge is 0.223 e. The minimum atomic E-state index is 0. The average Bonchev–Trinajstić information content (AvgIpc) is 2.53. The summed E-state index contributed by atoms with van der Waals surface area (Å²) >= 11 is 0. The van der Waals surface area contributed by atoms with Crippen LogP contribution in [0.5, 0.6) is 5.75 Å². The second kappa shape index (κ2) is 9.28. The van der Waals surface area contributed by atoms with Crippen molar-refractivity contribution in [2.75, 3.05) is 19.7 Å². The zero-order valence-electron chi connectivity index (χ0n) is 15.2. The Hall–Kier alpha value is -1.26. The predicted octanol–water partition coefficient (Wildman–Crippen LogP) is 3.29. The molecule has 0 aromatic heterocycles. The maximum Gasteiger partial charge on any atom is 0.223 e. The van der Waals surface area contributed by atoms with Crippen molar-refractivity contribution in [1.29, 1.82) is 0 Å². The Labute approximate surface area is 152 Å². The van der Waals surface area contributed by atoms with E-state index in [1.807, 2.05) is 19.1 Å². The molecule has 24 heavy (non-hydrogen) atoms. The highest BCUT2D eigenvalue weighted by molar-refractivity contribution is 5.85. The lowest BCUT2D eigenvalue weighted by Crippen LogP contribution is -2.43. The lowest BCUT2D eigenvalue weighted by molar-refractivity contribution is -0.126. The van der Waals surface area contributed by atoms with Gasteiger partial charge in [0, 0.05) is 5.92 Å². The van der Waals surface area contributed by atoms with Gasteiger partial charge in [0.15, 0.2) is 0 Å². The van der Waals surface area contributed by atoms with Crippen LogP contribution >= 0.6 is 12.4 Å². The van der Waals surface area contributed by atoms with Crippen molar-refractivity contribution in [3.63, 3.8) is 0 Å². The number of hydrogen-bond acceptors (Lipinski definition) is 3. The van der Waals surface area contributed by atoms with Crippen LogP contribution in [0.25, 0.3) is 0 Å². The van der Waals surface area contributed by atoms with Gasteiger partial charge < -0.3 is 15.4 Å². The van der Waals surface area contributed by atoms with E-state index in [4.69, 9.17) is 4.74 Å². The molecule has 2 rings (SSSR count). The molecule has 1 amide bonds. The molecule has 1 aromatic carbocycles. The molecule has 0 aliphatic carbocycles. The van der Waals surface area contributed by atoms with Gasteiger partial charge in [0.2, 0.25) is 5.91 Å². The molecule has 0 saturated carbocycles. The third-order valence-electron chi connectivity index (χ3n) is 4.32. The molecule has 1 aromatic rings. The van der Waals surface area contributed by atoms with Gasteiger partial charge in [-0.15, -0.1) is 12.4 Å². The van der Waals surface area contributed by atoms with E-state index in [1.165, 1.54) is 5.56 Å². The van der Waals surface area contributed by atoms with Gasteiger partial charge >= 0.3 is 0 Å². The van der Waals surface area contributed by atoms with Crippen LogP contribution in [-0.2, 0) is 10.2 Å². The molecule has 2 N–H and O–H groups in total. The topological polar surface area (TPSA) is 50.4 Å². The van der Waals surface area contributed by atoms with Crippen LogP contribution in [0.1, 0.15) is 46.1 Å². The van der Waals surface area contributed by atoms with E-state index < -0.39 is 0 Å². The molecule has 1 saturated heterocycles. The molecule has 136 valence electrons. The summed E-state index contributed by atoms with van der Waals surface area (Å²) < 4.78 is 5.80. The van der Waals surface area contributed by atoms with Gasteiger partial charge in [0.1, 0.15) is 12.4 Å². The Bertz CT molecular complexity index is 505. The molecule has 1 aliphatic rings. The number of halogens is 1. The molecule has 4 nitrogen and oxygen atoms in total. The summed E-state index contributed by atoms with van der Waals surface area (Å²) in [6.45, 7) is 10.9. The Morgan fingerprint density at radius 1 is 1.25 bits per heavy atom. The van der Waals surface area contributed by atoms with Gasteiger partial charge in [-0.2, -0.15) is 0 Å². The molecule has 5 heteroatoms. The molecule has 0 radical (unpaired) electrons. The highest BCUT2D eigenvalue weighted by atomic mass is 35.5. The van der Waals surface area contributed by atoms with E-state index in [1.54, 1.807) is 0 Å². The Morgan fingerprint density at radius 3 is 2.38 bits per heavy atom. The SMILES string of the molecule is CC(COc1ccc(C(C)(C)C)cc1)NC(=O)C1CCNCC1.Cl. The molecule has 0 spiro atoms. The lowest BCUT2D eigenvalue weighted by atomic mass is 9.87. The number of carbonyl (C=O) groups is 1. The zero-order chi connectivity index (χ0) is 16.9. The normalized spacial score (nSPS) is 16.8. The van der Waals surface area contributed by atoms with Crippen LogP contribution in [0.3, 0.4) is 0 Å². The van der Waals surface area contributed by atoms with Gasteiger partial charge in [-0.1, -0.05) is 32.9 Å². The fourth-order valence-corrected chi connectivity index (χ4v) is 2.76. The second-order valence-electron chi connectivity index (χ2n) is 7.52. The van der Waals surface area contributed by atoms with Crippen molar-refractivity contribution >= 4 is 18.3 Å². The minimum absolute atomic E-state index is 0. The van der Waals surface area contributed by atoms with Crippen molar-refractivity contribution < 1.29 is 9.53 Å². The fraction of sp³-hybridized carbons (Fsp3) is 0.632. The first-order valence-corrected chi connectivity index (χ1v) is 8.60. The third kappa shape index (κ3) is 6.33. The van der Waals surface area contributed by atoms with Crippen LogP contribution in [0, 0.1) is 5.92 Å². The van der Waals surface area contributed by atoms with Crippen molar-refractivity contribution in [3.05, 3.63) is 29.8 Å². The first-order valence-electron chi connectivity index (χ1n) is 8.60. The highest BCUT2D eigenvalue weighted by Crippen LogP contribution is 2.24. The first kappa shape index (κ1) is 20.8. The summed E-state index contributed by atoms with van der Waals surface area (Å²) in [6, 6.07) is 8.23. The summed E-state index contributed by atoms with van der Waals surface area (Å²) in [5, 5.41) is 6.34. The maximum atomic E-state index is 12.2. The second-order valence-corrected chi connectivity index (χ2v) is 7.52.